The Bertz CT molecular complexity index is 2430. The number of carbonyl (C=O) groups excluding carboxylic acids is 3. The highest BCUT2D eigenvalue weighted by molar-refractivity contribution is 5.91. The predicted molar refractivity (Wildman–Crippen MR) is 216 cm³/mol. The van der Waals surface area contributed by atoms with Crippen molar-refractivity contribution < 1.29 is 128 Å². The topological polar surface area (TPSA) is 426 Å². The number of carboxylic acid groups (broad SMARTS) is 2. The number of fused-ring (bicyclic) bond motifs is 1. The van der Waals surface area contributed by atoms with Gasteiger partial charge in [0.1, 0.15) is 80.3 Å². The van der Waals surface area contributed by atoms with E-state index in [4.69, 9.17) is 43.4 Å². The summed E-state index contributed by atoms with van der Waals surface area (Å²) in [5.41, 5.74) is 0.00547. The Hall–Kier alpha value is -7.59. The molecule has 1 unspecified atom stereocenters. The molecule has 0 aromatic heterocycles. The second-order valence-electron chi connectivity index (χ2n) is 15.1. The van der Waals surface area contributed by atoms with Crippen molar-refractivity contribution >= 4 is 41.7 Å². The Morgan fingerprint density at radius 3 is 1.94 bits per heavy atom. The van der Waals surface area contributed by atoms with Crippen molar-refractivity contribution in [1.82, 2.24) is 0 Å². The molecule has 2 aromatic rings. The third-order valence-electron chi connectivity index (χ3n) is 10.2. The summed E-state index contributed by atoms with van der Waals surface area (Å²) in [6.07, 6.45) is -17.9. The van der Waals surface area contributed by atoms with Crippen LogP contribution in [0.2, 0.25) is 0 Å². The maximum Gasteiger partial charge on any atom is 0.330 e. The van der Waals surface area contributed by atoms with Gasteiger partial charge in [0.05, 0.1) is 17.2 Å². The molecule has 0 amide bonds. The maximum absolute atomic E-state index is 12.6. The smallest absolute Gasteiger partial charge is 0.330 e. The maximum atomic E-state index is 12.6. The third kappa shape index (κ3) is 11.7. The number of carboxylic acids is 2. The van der Waals surface area contributed by atoms with Crippen LogP contribution in [0.3, 0.4) is 0 Å². The summed E-state index contributed by atoms with van der Waals surface area (Å²) >= 11 is 0. The van der Waals surface area contributed by atoms with E-state index in [9.17, 15) is 80.1 Å². The minimum absolute atomic E-state index is 0.0939. The van der Waals surface area contributed by atoms with Crippen molar-refractivity contribution in [3.63, 3.8) is 0 Å². The van der Waals surface area contributed by atoms with Gasteiger partial charge in [-0.2, -0.15) is 0 Å². The van der Waals surface area contributed by atoms with E-state index in [0.717, 1.165) is 42.5 Å². The summed E-state index contributed by atoms with van der Waals surface area (Å²) in [4.78, 5) is 59.1. The van der Waals surface area contributed by atoms with Gasteiger partial charge in [-0.1, -0.05) is 6.07 Å². The van der Waals surface area contributed by atoms with Gasteiger partial charge in [0.2, 0.25) is 24.4 Å². The molecule has 4 aliphatic rings. The Labute approximate surface area is 380 Å². The number of rotatable bonds is 16. The van der Waals surface area contributed by atoms with E-state index in [-0.39, 0.29) is 22.5 Å². The van der Waals surface area contributed by atoms with Crippen LogP contribution in [0.15, 0.2) is 77.5 Å². The molecule has 0 saturated carbocycles. The van der Waals surface area contributed by atoms with E-state index in [1.165, 1.54) is 18.2 Å². The summed E-state index contributed by atoms with van der Waals surface area (Å²) in [7, 11) is 0. The lowest BCUT2D eigenvalue weighted by Crippen LogP contribution is -2.60. The summed E-state index contributed by atoms with van der Waals surface area (Å²) in [5.74, 6) is -12.2. The molecule has 26 nitrogen and oxygen atoms in total. The molecule has 0 bridgehead atoms. The van der Waals surface area contributed by atoms with Crippen LogP contribution in [0.1, 0.15) is 24.0 Å². The van der Waals surface area contributed by atoms with E-state index in [1.54, 1.807) is 0 Å². The summed E-state index contributed by atoms with van der Waals surface area (Å²) in [5, 5.41) is 134. The van der Waals surface area contributed by atoms with Gasteiger partial charge >= 0.3 is 35.6 Å². The number of carbonyl (C=O) groups is 5. The lowest BCUT2D eigenvalue weighted by Gasteiger charge is -2.42. The van der Waals surface area contributed by atoms with E-state index in [1.807, 2.05) is 0 Å². The van der Waals surface area contributed by atoms with Crippen molar-refractivity contribution in [2.24, 2.45) is 0 Å². The van der Waals surface area contributed by atoms with Crippen LogP contribution in [0.25, 0.3) is 11.8 Å². The molecular formula is C42H43O26+. The average molecular weight is 964 g/mol. The van der Waals surface area contributed by atoms with Crippen LogP contribution in [0, 0.1) is 0 Å². The van der Waals surface area contributed by atoms with Gasteiger partial charge in [0.25, 0.3) is 0 Å². The quantitative estimate of drug-likeness (QED) is 0.0216. The SMILES string of the molecule is O=C(O)CC(=O)OC[C@H]1O[C@@H](OC2=CC(O)=CC3[OH+]C(c4cc(O)c(O)c(O)c4)=C(O[C@@H]4O[C@H](COC(=O)/C=C/c5ccc(O)c(O)c5)[C@@H](O)[C@H](O)[C@H]4O)C=C23)[C@H](O)[C@@H](O)[C@@H]1OC(=O)CC(=O)O. The second-order valence-corrected chi connectivity index (χ2v) is 15.1. The molecule has 26 heteroatoms. The van der Waals surface area contributed by atoms with Crippen molar-refractivity contribution in [2.75, 3.05) is 13.2 Å². The minimum atomic E-state index is -2.18. The summed E-state index contributed by atoms with van der Waals surface area (Å²) < 4.78 is 42.9. The van der Waals surface area contributed by atoms with Crippen molar-refractivity contribution in [3.05, 3.63) is 88.6 Å². The van der Waals surface area contributed by atoms with Gasteiger partial charge < -0.3 is 104 Å². The summed E-state index contributed by atoms with van der Waals surface area (Å²) in [6, 6.07) is 5.54. The highest BCUT2D eigenvalue weighted by Gasteiger charge is 2.51. The number of aliphatic hydroxyl groups excluding tert-OH is 6. The number of benzene rings is 2. The lowest BCUT2D eigenvalue weighted by atomic mass is 9.95. The molecule has 6 rings (SSSR count). The van der Waals surface area contributed by atoms with Gasteiger partial charge in [-0.15, -0.1) is 0 Å². The van der Waals surface area contributed by atoms with Crippen molar-refractivity contribution in [1.29, 1.82) is 0 Å². The molecule has 0 radical (unpaired) electrons. The zero-order chi connectivity index (χ0) is 49.7. The Morgan fingerprint density at radius 1 is 0.662 bits per heavy atom. The molecule has 3 heterocycles. The number of phenols is 5. The fourth-order valence-electron chi connectivity index (χ4n) is 6.86. The first-order valence-corrected chi connectivity index (χ1v) is 19.8. The lowest BCUT2D eigenvalue weighted by molar-refractivity contribution is -0.295. The number of hydrogen-bond acceptors (Lipinski definition) is 23. The van der Waals surface area contributed by atoms with Crippen LogP contribution >= 0.6 is 0 Å². The standard InChI is InChI=1S/C42H42O26/c43-17-8-23-18(24(9-17)64-42-38(60)36(58)40(68-32(54)12-29(50)51)27(67-42)14-62-31(53)11-28(48)49)10-25(39(63-23)16-6-21(46)33(55)22(47)7-16)65-41-37(59)35(57)34(56)26(66-41)13-61-30(52)4-2-15-1-3-19(44)20(45)5-15/h1-10,23,26-27,34-38,40-47,55-60H,11-14H2,(H,48,49)(H,50,51)/p+1/b4-2+/t23?,26-,27-,34-,35+,36-,37-,38-,40-,41-,42-/m1/s1. The first-order chi connectivity index (χ1) is 32.1. The molecule has 2 saturated heterocycles. The molecule has 14 N–H and O–H groups in total. The number of esters is 3. The van der Waals surface area contributed by atoms with Crippen LogP contribution in [0.5, 0.6) is 28.7 Å². The summed E-state index contributed by atoms with van der Waals surface area (Å²) in [6.45, 7) is -1.71. The molecular weight excluding hydrogens is 920 g/mol. The van der Waals surface area contributed by atoms with Gasteiger partial charge in [-0.05, 0) is 23.8 Å². The zero-order valence-corrected chi connectivity index (χ0v) is 34.6. The normalized spacial score (nSPS) is 27.9. The number of allylic oxidation sites excluding steroid dienone is 2. The Kier molecular flexibility index (Phi) is 15.3. The molecule has 0 spiro atoms. The predicted octanol–water partition coefficient (Wildman–Crippen LogP) is -1.99. The molecule has 11 atom stereocenters. The molecule has 2 aromatic carbocycles. The van der Waals surface area contributed by atoms with Gasteiger partial charge in [-0.25, -0.2) is 4.79 Å². The Morgan fingerprint density at radius 2 is 1.28 bits per heavy atom. The monoisotopic (exact) mass is 963 g/mol. The fourth-order valence-corrected chi connectivity index (χ4v) is 6.86. The average Bonchev–Trinajstić information content (AvgIpc) is 3.26. The van der Waals surface area contributed by atoms with E-state index in [0.29, 0.717) is 0 Å². The van der Waals surface area contributed by atoms with Crippen molar-refractivity contribution in [2.45, 2.75) is 80.4 Å². The fraction of sp³-hybridized carbons (Fsp3) is 0.357. The first-order valence-electron chi connectivity index (χ1n) is 19.8. The number of hydrogen-bond donors (Lipinski definition) is 13. The molecule has 68 heavy (non-hydrogen) atoms. The molecule has 3 aliphatic heterocycles. The minimum Gasteiger partial charge on any atom is -0.571 e. The van der Waals surface area contributed by atoms with Gasteiger partial charge in [0.15, 0.2) is 34.9 Å². The molecule has 2 fully saturated rings. The second kappa shape index (κ2) is 20.9. The van der Waals surface area contributed by atoms with E-state index in [2.05, 4.69) is 4.74 Å². The number of phenolic OH excluding ortho intramolecular Hbond substituents is 5. The van der Waals surface area contributed by atoms with Crippen molar-refractivity contribution in [3.8, 4) is 28.7 Å². The van der Waals surface area contributed by atoms with Gasteiger partial charge in [-0.3, -0.25) is 19.2 Å². The zero-order valence-electron chi connectivity index (χ0n) is 34.6. The highest BCUT2D eigenvalue weighted by Crippen LogP contribution is 2.43. The number of aromatic hydroxyl groups is 5. The van der Waals surface area contributed by atoms with Gasteiger partial charge in [0, 0.05) is 30.4 Å². The van der Waals surface area contributed by atoms with Crippen LogP contribution in [-0.4, -0.2) is 182 Å². The number of ether oxygens (including phenoxy) is 8. The number of aliphatic carboxylic acids is 2. The van der Waals surface area contributed by atoms with E-state index >= 15 is 0 Å². The number of aliphatic hydroxyl groups is 8. The van der Waals surface area contributed by atoms with Crippen LogP contribution in [-0.2, 0) is 57.1 Å². The third-order valence-corrected chi connectivity index (χ3v) is 10.2. The van der Waals surface area contributed by atoms with E-state index < -0.39 is 169 Å². The van der Waals surface area contributed by atoms with Crippen LogP contribution in [0.4, 0.5) is 0 Å². The molecule has 1 aliphatic carbocycles. The highest BCUT2D eigenvalue weighted by atomic mass is 16.7. The van der Waals surface area contributed by atoms with Crippen LogP contribution < -0.4 is 0 Å². The largest absolute Gasteiger partial charge is 0.571 e. The first kappa shape index (κ1) is 49.8. The Balaban J connectivity index is 1.29. The molecule has 366 valence electrons.